The van der Waals surface area contributed by atoms with Crippen molar-refractivity contribution < 1.29 is 14.0 Å². The van der Waals surface area contributed by atoms with Crippen molar-refractivity contribution in [3.63, 3.8) is 0 Å². The van der Waals surface area contributed by atoms with Crippen molar-refractivity contribution in [3.8, 4) is 10.4 Å². The van der Waals surface area contributed by atoms with E-state index in [9.17, 15) is 14.0 Å². The van der Waals surface area contributed by atoms with Crippen LogP contribution in [0.4, 0.5) is 4.39 Å². The van der Waals surface area contributed by atoms with Crippen molar-refractivity contribution in [1.29, 1.82) is 0 Å². The number of nitrogens with zero attached hydrogens (tertiary/aromatic N) is 1. The highest BCUT2D eigenvalue weighted by molar-refractivity contribution is 7.16. The van der Waals surface area contributed by atoms with E-state index in [1.165, 1.54) is 29.5 Å². The number of amides is 2. The molecule has 2 aromatic rings. The first kappa shape index (κ1) is 16.4. The molecule has 1 atom stereocenters. The van der Waals surface area contributed by atoms with Crippen LogP contribution < -0.4 is 5.73 Å². The molecule has 1 aliphatic heterocycles. The Kier molecular flexibility index (Phi) is 4.76. The van der Waals surface area contributed by atoms with Crippen molar-refractivity contribution in [2.75, 3.05) is 13.1 Å². The van der Waals surface area contributed by atoms with Gasteiger partial charge in [0.15, 0.2) is 0 Å². The fourth-order valence-corrected chi connectivity index (χ4v) is 3.58. The predicted molar refractivity (Wildman–Crippen MR) is 92.6 cm³/mol. The highest BCUT2D eigenvalue weighted by atomic mass is 32.1. The Hall–Kier alpha value is -2.47. The van der Waals surface area contributed by atoms with E-state index in [0.717, 1.165) is 15.3 Å². The lowest BCUT2D eigenvalue weighted by Gasteiger charge is -2.12. The fourth-order valence-electron chi connectivity index (χ4n) is 2.66. The Balaban J connectivity index is 1.64. The zero-order valence-electron chi connectivity index (χ0n) is 12.9. The fraction of sp³-hybridized carbons (Fsp3) is 0.222. The Morgan fingerprint density at radius 2 is 1.96 bits per heavy atom. The minimum Gasteiger partial charge on any atom is -0.369 e. The van der Waals surface area contributed by atoms with Gasteiger partial charge < -0.3 is 10.6 Å². The zero-order chi connectivity index (χ0) is 17.1. The molecule has 3 rings (SSSR count). The number of carbonyl (C=O) groups is 2. The maximum Gasteiger partial charge on any atom is 0.246 e. The maximum atomic E-state index is 13.0. The average molecular weight is 344 g/mol. The molecular weight excluding hydrogens is 327 g/mol. The van der Waals surface area contributed by atoms with Crippen LogP contribution in [-0.2, 0) is 9.59 Å². The summed E-state index contributed by atoms with van der Waals surface area (Å²) in [5.74, 6) is -0.970. The number of benzene rings is 1. The zero-order valence-corrected chi connectivity index (χ0v) is 13.8. The summed E-state index contributed by atoms with van der Waals surface area (Å²) in [6.07, 6.45) is 3.91. The third-order valence-corrected chi connectivity index (χ3v) is 5.15. The maximum absolute atomic E-state index is 13.0. The van der Waals surface area contributed by atoms with Gasteiger partial charge in [-0.25, -0.2) is 4.39 Å². The number of nitrogens with two attached hydrogens (primary N) is 1. The molecule has 6 heteroatoms. The first-order valence-electron chi connectivity index (χ1n) is 7.65. The molecule has 0 bridgehead atoms. The lowest BCUT2D eigenvalue weighted by molar-refractivity contribution is -0.125. The monoisotopic (exact) mass is 344 g/mol. The Bertz CT molecular complexity index is 783. The van der Waals surface area contributed by atoms with E-state index in [0.29, 0.717) is 19.5 Å². The molecule has 124 valence electrons. The number of rotatable bonds is 4. The lowest BCUT2D eigenvalue weighted by Crippen LogP contribution is -2.30. The molecule has 1 fully saturated rings. The first-order chi connectivity index (χ1) is 11.5. The highest BCUT2D eigenvalue weighted by Gasteiger charge is 2.28. The van der Waals surface area contributed by atoms with E-state index in [2.05, 4.69) is 0 Å². The number of thiophene rings is 1. The topological polar surface area (TPSA) is 63.4 Å². The summed E-state index contributed by atoms with van der Waals surface area (Å²) in [6.45, 7) is 0.950. The largest absolute Gasteiger partial charge is 0.369 e. The summed E-state index contributed by atoms with van der Waals surface area (Å²) in [4.78, 5) is 26.9. The average Bonchev–Trinajstić information content (AvgIpc) is 3.23. The molecule has 0 radical (unpaired) electrons. The van der Waals surface area contributed by atoms with Crippen LogP contribution in [0, 0.1) is 11.7 Å². The summed E-state index contributed by atoms with van der Waals surface area (Å²) in [5, 5.41) is 0. The molecule has 0 spiro atoms. The van der Waals surface area contributed by atoms with Crippen LogP contribution in [-0.4, -0.2) is 29.8 Å². The molecule has 0 unspecified atom stereocenters. The molecule has 24 heavy (non-hydrogen) atoms. The van der Waals surface area contributed by atoms with Crippen molar-refractivity contribution in [1.82, 2.24) is 4.90 Å². The van der Waals surface area contributed by atoms with Crippen molar-refractivity contribution in [2.45, 2.75) is 6.42 Å². The van der Waals surface area contributed by atoms with Gasteiger partial charge in [0, 0.05) is 28.9 Å². The summed E-state index contributed by atoms with van der Waals surface area (Å²) in [7, 11) is 0. The van der Waals surface area contributed by atoms with Gasteiger partial charge in [-0.3, -0.25) is 9.59 Å². The van der Waals surface area contributed by atoms with E-state index in [4.69, 9.17) is 5.73 Å². The van der Waals surface area contributed by atoms with Gasteiger partial charge in [-0.1, -0.05) is 12.1 Å². The van der Waals surface area contributed by atoms with Crippen LogP contribution in [0.2, 0.25) is 0 Å². The van der Waals surface area contributed by atoms with Gasteiger partial charge in [-0.05, 0) is 42.3 Å². The molecule has 1 aliphatic rings. The number of primary amides is 1. The van der Waals surface area contributed by atoms with Gasteiger partial charge in [0.25, 0.3) is 0 Å². The third-order valence-electron chi connectivity index (χ3n) is 4.05. The van der Waals surface area contributed by atoms with Crippen molar-refractivity contribution in [3.05, 3.63) is 53.2 Å². The number of halogens is 1. The first-order valence-corrected chi connectivity index (χ1v) is 8.46. The molecule has 4 nitrogen and oxygen atoms in total. The van der Waals surface area contributed by atoms with Crippen LogP contribution in [0.3, 0.4) is 0 Å². The molecule has 1 aromatic heterocycles. The standard InChI is InChI=1S/C18H17FN2O2S/c19-14-3-1-12(2-4-14)16-7-5-15(24-16)6-8-17(22)21-10-9-13(11-21)18(20)23/h1-8,13H,9-11H2,(H2,20,23)/b8-6-/t13-/m0/s1. The molecule has 2 heterocycles. The van der Waals surface area contributed by atoms with Gasteiger partial charge in [-0.15, -0.1) is 11.3 Å². The van der Waals surface area contributed by atoms with Crippen LogP contribution in [0.5, 0.6) is 0 Å². The van der Waals surface area contributed by atoms with E-state index >= 15 is 0 Å². The van der Waals surface area contributed by atoms with Crippen molar-refractivity contribution >= 4 is 29.2 Å². The van der Waals surface area contributed by atoms with Gasteiger partial charge in [-0.2, -0.15) is 0 Å². The van der Waals surface area contributed by atoms with Crippen LogP contribution >= 0.6 is 11.3 Å². The Labute approximate surface area is 143 Å². The van der Waals surface area contributed by atoms with Gasteiger partial charge >= 0.3 is 0 Å². The highest BCUT2D eigenvalue weighted by Crippen LogP contribution is 2.29. The van der Waals surface area contributed by atoms with E-state index in [1.807, 2.05) is 12.1 Å². The second-order valence-electron chi connectivity index (χ2n) is 5.71. The third kappa shape index (κ3) is 3.71. The number of hydrogen-bond donors (Lipinski definition) is 1. The minimum atomic E-state index is -0.350. The van der Waals surface area contributed by atoms with E-state index in [1.54, 1.807) is 23.1 Å². The summed E-state index contributed by atoms with van der Waals surface area (Å²) in [6, 6.07) is 10.2. The van der Waals surface area contributed by atoms with Crippen LogP contribution in [0.1, 0.15) is 11.3 Å². The van der Waals surface area contributed by atoms with E-state index < -0.39 is 0 Å². The number of hydrogen-bond acceptors (Lipinski definition) is 3. The van der Waals surface area contributed by atoms with Crippen molar-refractivity contribution in [2.24, 2.45) is 11.7 Å². The second kappa shape index (κ2) is 6.97. The van der Waals surface area contributed by atoms with Gasteiger partial charge in [0.05, 0.1) is 5.92 Å². The lowest BCUT2D eigenvalue weighted by atomic mass is 10.1. The molecule has 1 aromatic carbocycles. The molecule has 2 N–H and O–H groups in total. The van der Waals surface area contributed by atoms with E-state index in [-0.39, 0.29) is 23.5 Å². The molecule has 0 saturated carbocycles. The predicted octanol–water partition coefficient (Wildman–Crippen LogP) is 2.90. The molecular formula is C18H17FN2O2S. The SMILES string of the molecule is NC(=O)[C@H]1CCN(C(=O)/C=C\c2ccc(-c3ccc(F)cc3)s2)C1. The molecule has 0 aliphatic carbocycles. The molecule has 2 amide bonds. The van der Waals surface area contributed by atoms with Crippen LogP contribution in [0.15, 0.2) is 42.5 Å². The van der Waals surface area contributed by atoms with Gasteiger partial charge in [0.2, 0.25) is 11.8 Å². The molecule has 1 saturated heterocycles. The summed E-state index contributed by atoms with van der Waals surface area (Å²) in [5.41, 5.74) is 6.22. The summed E-state index contributed by atoms with van der Waals surface area (Å²) >= 11 is 1.53. The second-order valence-corrected chi connectivity index (χ2v) is 6.83. The number of carbonyl (C=O) groups excluding carboxylic acids is 2. The minimum absolute atomic E-state index is 0.115. The number of likely N-dealkylation sites (tertiary alicyclic amines) is 1. The van der Waals surface area contributed by atoms with Crippen LogP contribution in [0.25, 0.3) is 16.5 Å². The Morgan fingerprint density at radius 1 is 1.21 bits per heavy atom. The normalized spacial score (nSPS) is 17.5. The van der Waals surface area contributed by atoms with Gasteiger partial charge in [0.1, 0.15) is 5.82 Å². The summed E-state index contributed by atoms with van der Waals surface area (Å²) < 4.78 is 13.0. The Morgan fingerprint density at radius 3 is 2.62 bits per heavy atom. The smallest absolute Gasteiger partial charge is 0.246 e. The quantitative estimate of drug-likeness (QED) is 0.867.